The van der Waals surface area contributed by atoms with Crippen LogP contribution in [0.4, 0.5) is 0 Å². The zero-order chi connectivity index (χ0) is 32.4. The maximum absolute atomic E-state index is 13.7. The Bertz CT molecular complexity index is 1510. The summed E-state index contributed by atoms with van der Waals surface area (Å²) >= 11 is 0. The maximum atomic E-state index is 13.7. The van der Waals surface area contributed by atoms with Gasteiger partial charge in [0, 0.05) is 11.1 Å². The third-order valence-electron chi connectivity index (χ3n) is 9.33. The number of benzene rings is 3. The van der Waals surface area contributed by atoms with E-state index >= 15 is 0 Å². The second-order valence-electron chi connectivity index (χ2n) is 12.9. The summed E-state index contributed by atoms with van der Waals surface area (Å²) in [7, 11) is 0. The summed E-state index contributed by atoms with van der Waals surface area (Å²) in [4.78, 5) is 40.2. The average molecular weight is 625 g/mol. The van der Waals surface area contributed by atoms with E-state index in [2.05, 4.69) is 13.8 Å². The lowest BCUT2D eigenvalue weighted by Gasteiger charge is -2.18. The second-order valence-corrected chi connectivity index (χ2v) is 12.9. The monoisotopic (exact) mass is 624 g/mol. The number of Topliss-reactive ketones (excluding diaryl/α,β-unsaturated/α-hetero) is 2. The number of esters is 1. The molecule has 2 aliphatic rings. The largest absolute Gasteiger partial charge is 0.494 e. The van der Waals surface area contributed by atoms with Gasteiger partial charge in [-0.05, 0) is 97.5 Å². The van der Waals surface area contributed by atoms with Gasteiger partial charge in [0.25, 0.3) is 0 Å². The molecule has 1 atom stereocenters. The summed E-state index contributed by atoms with van der Waals surface area (Å²) < 4.78 is 17.5. The van der Waals surface area contributed by atoms with Gasteiger partial charge < -0.3 is 14.2 Å². The smallest absolute Gasteiger partial charge is 0.343 e. The number of carbonyl (C=O) groups excluding carboxylic acids is 3. The summed E-state index contributed by atoms with van der Waals surface area (Å²) in [5.74, 6) is 1.04. The van der Waals surface area contributed by atoms with Gasteiger partial charge in [-0.2, -0.15) is 0 Å². The van der Waals surface area contributed by atoms with E-state index in [1.54, 1.807) is 48.5 Å². The number of fused-ring (bicyclic) bond motifs is 2. The van der Waals surface area contributed by atoms with Crippen molar-refractivity contribution in [3.63, 3.8) is 0 Å². The molecule has 5 rings (SSSR count). The van der Waals surface area contributed by atoms with E-state index in [9.17, 15) is 14.4 Å². The molecule has 0 N–H and O–H groups in total. The fourth-order valence-corrected chi connectivity index (χ4v) is 6.68. The highest BCUT2D eigenvalue weighted by atomic mass is 16.5. The number of ether oxygens (including phenoxy) is 3. The van der Waals surface area contributed by atoms with Crippen molar-refractivity contribution in [2.45, 2.75) is 104 Å². The first-order chi connectivity index (χ1) is 22.4. The van der Waals surface area contributed by atoms with Crippen molar-refractivity contribution in [3.8, 4) is 17.2 Å². The molecule has 0 saturated carbocycles. The predicted molar refractivity (Wildman–Crippen MR) is 181 cm³/mol. The van der Waals surface area contributed by atoms with Crippen molar-refractivity contribution in [1.29, 1.82) is 0 Å². The topological polar surface area (TPSA) is 78.9 Å². The molecular weight excluding hydrogens is 576 g/mol. The van der Waals surface area contributed by atoms with Crippen LogP contribution in [0.3, 0.4) is 0 Å². The molecule has 0 fully saturated rings. The van der Waals surface area contributed by atoms with E-state index in [1.165, 1.54) is 51.4 Å². The third kappa shape index (κ3) is 7.89. The molecule has 3 aromatic rings. The number of carbonyl (C=O) groups is 3. The van der Waals surface area contributed by atoms with Gasteiger partial charge in [0.2, 0.25) is 0 Å². The van der Waals surface area contributed by atoms with Crippen LogP contribution in [0, 0.1) is 5.41 Å². The van der Waals surface area contributed by atoms with Crippen molar-refractivity contribution in [2.24, 2.45) is 5.41 Å². The molecule has 1 unspecified atom stereocenters. The van der Waals surface area contributed by atoms with Gasteiger partial charge in [-0.3, -0.25) is 9.59 Å². The van der Waals surface area contributed by atoms with Gasteiger partial charge in [0.05, 0.1) is 18.8 Å². The zero-order valence-corrected chi connectivity index (χ0v) is 27.5. The van der Waals surface area contributed by atoms with E-state index in [-0.39, 0.29) is 11.6 Å². The van der Waals surface area contributed by atoms with Crippen LogP contribution in [-0.2, 0) is 12.8 Å². The highest BCUT2D eigenvalue weighted by Gasteiger charge is 2.55. The molecule has 46 heavy (non-hydrogen) atoms. The second kappa shape index (κ2) is 16.1. The van der Waals surface area contributed by atoms with Gasteiger partial charge >= 0.3 is 5.97 Å². The summed E-state index contributed by atoms with van der Waals surface area (Å²) in [5.41, 5.74) is 1.98. The molecule has 0 saturated heterocycles. The molecule has 1 spiro atoms. The highest BCUT2D eigenvalue weighted by molar-refractivity contribution is 6.24. The fraction of sp³-hybridized carbons (Fsp3) is 0.475. The molecule has 244 valence electrons. The minimum absolute atomic E-state index is 0.136. The molecule has 0 amide bonds. The van der Waals surface area contributed by atoms with E-state index in [4.69, 9.17) is 14.2 Å². The Morgan fingerprint density at radius 3 is 1.61 bits per heavy atom. The first kappa shape index (κ1) is 33.4. The standard InChI is InChI=1S/C40H48O6/c1-3-5-7-9-11-13-23-44-32-17-15-29(16-18-32)39(43)46-34-20-22-36-31(26-34)28-40(38(36)42)27-30-25-33(19-21-35(30)37(40)41)45-24-14-12-10-8-6-4-2/h15-22,25-26H,3-14,23-24,27-28H2,1-2H3. The van der Waals surface area contributed by atoms with Gasteiger partial charge in [0.15, 0.2) is 11.6 Å². The Morgan fingerprint density at radius 1 is 0.587 bits per heavy atom. The molecule has 6 nitrogen and oxygen atoms in total. The Labute approximate surface area is 273 Å². The molecule has 0 aromatic heterocycles. The lowest BCUT2D eigenvalue weighted by Crippen LogP contribution is -2.34. The minimum atomic E-state index is -1.14. The van der Waals surface area contributed by atoms with Crippen LogP contribution in [0.25, 0.3) is 0 Å². The van der Waals surface area contributed by atoms with Crippen molar-refractivity contribution in [3.05, 3.63) is 88.5 Å². The Kier molecular flexibility index (Phi) is 11.7. The summed E-state index contributed by atoms with van der Waals surface area (Å²) in [6, 6.07) is 17.6. The number of ketones is 2. The lowest BCUT2D eigenvalue weighted by atomic mass is 9.80. The van der Waals surface area contributed by atoms with E-state index in [0.29, 0.717) is 48.5 Å². The van der Waals surface area contributed by atoms with Crippen LogP contribution < -0.4 is 14.2 Å². The van der Waals surface area contributed by atoms with Crippen LogP contribution in [-0.4, -0.2) is 30.7 Å². The summed E-state index contributed by atoms with van der Waals surface area (Å²) in [6.07, 6.45) is 15.0. The highest BCUT2D eigenvalue weighted by Crippen LogP contribution is 2.48. The van der Waals surface area contributed by atoms with Crippen molar-refractivity contribution >= 4 is 17.5 Å². The third-order valence-corrected chi connectivity index (χ3v) is 9.33. The average Bonchev–Trinajstić information content (AvgIpc) is 3.50. The first-order valence-electron chi connectivity index (χ1n) is 17.4. The van der Waals surface area contributed by atoms with Crippen LogP contribution >= 0.6 is 0 Å². The van der Waals surface area contributed by atoms with Crippen LogP contribution in [0.15, 0.2) is 60.7 Å². The molecule has 0 bridgehead atoms. The quantitative estimate of drug-likeness (QED) is 0.0607. The SMILES string of the molecule is CCCCCCCCOc1ccc(C(=O)Oc2ccc3c(c2)CC2(Cc4cc(OCCCCCCCC)ccc4C2=O)C3=O)cc1. The fourth-order valence-electron chi connectivity index (χ4n) is 6.68. The molecule has 0 radical (unpaired) electrons. The first-order valence-corrected chi connectivity index (χ1v) is 17.4. The molecule has 6 heteroatoms. The lowest BCUT2D eigenvalue weighted by molar-refractivity contribution is 0.0701. The van der Waals surface area contributed by atoms with Gasteiger partial charge in [-0.25, -0.2) is 4.79 Å². The Balaban J connectivity index is 1.14. The van der Waals surface area contributed by atoms with E-state index < -0.39 is 11.4 Å². The van der Waals surface area contributed by atoms with Crippen molar-refractivity contribution < 1.29 is 28.6 Å². The predicted octanol–water partition coefficient (Wildman–Crippen LogP) is 9.55. The number of rotatable bonds is 18. The molecular formula is C40H48O6. The number of hydrogen-bond acceptors (Lipinski definition) is 6. The Hall–Kier alpha value is -3.93. The van der Waals surface area contributed by atoms with Gasteiger partial charge in [-0.15, -0.1) is 0 Å². The molecule has 2 aliphatic carbocycles. The van der Waals surface area contributed by atoms with E-state index in [1.807, 2.05) is 12.1 Å². The van der Waals surface area contributed by atoms with E-state index in [0.717, 1.165) is 48.3 Å². The van der Waals surface area contributed by atoms with Gasteiger partial charge in [0.1, 0.15) is 22.7 Å². The summed E-state index contributed by atoms with van der Waals surface area (Å²) in [5, 5.41) is 0. The van der Waals surface area contributed by atoms with Crippen LogP contribution in [0.2, 0.25) is 0 Å². The maximum Gasteiger partial charge on any atom is 0.343 e. The zero-order valence-electron chi connectivity index (χ0n) is 27.5. The molecule has 3 aromatic carbocycles. The van der Waals surface area contributed by atoms with Crippen molar-refractivity contribution in [1.82, 2.24) is 0 Å². The normalized spacial score (nSPS) is 16.5. The number of unbranched alkanes of at least 4 members (excludes halogenated alkanes) is 10. The van der Waals surface area contributed by atoms with Crippen LogP contribution in [0.1, 0.15) is 133 Å². The van der Waals surface area contributed by atoms with Crippen molar-refractivity contribution in [2.75, 3.05) is 13.2 Å². The molecule has 0 heterocycles. The van der Waals surface area contributed by atoms with Crippen LogP contribution in [0.5, 0.6) is 17.2 Å². The summed E-state index contributed by atoms with van der Waals surface area (Å²) in [6.45, 7) is 5.74. The number of hydrogen-bond donors (Lipinski definition) is 0. The Morgan fingerprint density at radius 2 is 1.04 bits per heavy atom. The van der Waals surface area contributed by atoms with Gasteiger partial charge in [-0.1, -0.05) is 78.1 Å². The molecule has 0 aliphatic heterocycles. The minimum Gasteiger partial charge on any atom is -0.494 e.